The van der Waals surface area contributed by atoms with Crippen molar-refractivity contribution in [2.45, 2.75) is 32.9 Å². The Labute approximate surface area is 161 Å². The van der Waals surface area contributed by atoms with Gasteiger partial charge in [0.25, 0.3) is 0 Å². The molecule has 2 heterocycles. The van der Waals surface area contributed by atoms with Gasteiger partial charge in [-0.05, 0) is 67.5 Å². The molecule has 0 saturated carbocycles. The van der Waals surface area contributed by atoms with Crippen LogP contribution in [0.15, 0.2) is 35.7 Å². The van der Waals surface area contributed by atoms with Gasteiger partial charge in [-0.2, -0.15) is 0 Å². The number of nitrogens with one attached hydrogen (secondary N) is 1. The Hall–Kier alpha value is -1.56. The van der Waals surface area contributed by atoms with E-state index in [0.717, 1.165) is 43.6 Å². The molecule has 1 aliphatic heterocycles. The topological polar surface area (TPSA) is 33.7 Å². The normalized spacial score (nSPS) is 15.3. The van der Waals surface area contributed by atoms with Crippen LogP contribution < -0.4 is 14.8 Å². The maximum Gasteiger partial charge on any atom is 0.161 e. The third-order valence-corrected chi connectivity index (χ3v) is 5.86. The predicted octanol–water partition coefficient (Wildman–Crippen LogP) is 4.16. The summed E-state index contributed by atoms with van der Waals surface area (Å²) in [5, 5.41) is 5.52. The first-order valence-corrected chi connectivity index (χ1v) is 10.4. The van der Waals surface area contributed by atoms with Crippen LogP contribution in [0.3, 0.4) is 0 Å². The molecule has 1 aromatic carbocycles. The molecule has 0 spiro atoms. The molecule has 26 heavy (non-hydrogen) atoms. The van der Waals surface area contributed by atoms with Gasteiger partial charge in [-0.15, -0.1) is 11.3 Å². The molecule has 1 aromatic heterocycles. The van der Waals surface area contributed by atoms with Gasteiger partial charge in [-0.1, -0.05) is 19.1 Å². The lowest BCUT2D eigenvalue weighted by Gasteiger charge is -2.29. The van der Waals surface area contributed by atoms with E-state index in [0.29, 0.717) is 6.61 Å². The fraction of sp³-hybridized carbons (Fsp3) is 0.524. The lowest BCUT2D eigenvalue weighted by molar-refractivity contribution is 0.206. The monoisotopic (exact) mass is 374 g/mol. The molecular weight excluding hydrogens is 344 g/mol. The van der Waals surface area contributed by atoms with E-state index in [-0.39, 0.29) is 0 Å². The van der Waals surface area contributed by atoms with E-state index >= 15 is 0 Å². The van der Waals surface area contributed by atoms with E-state index in [9.17, 15) is 0 Å². The number of hydrogen-bond acceptors (Lipinski definition) is 5. The number of nitrogens with zero attached hydrogens (tertiary/aromatic N) is 1. The third-order valence-electron chi connectivity index (χ3n) is 5.01. The number of benzene rings is 1. The van der Waals surface area contributed by atoms with Crippen LogP contribution in [0.2, 0.25) is 0 Å². The Morgan fingerprint density at radius 3 is 2.73 bits per heavy atom. The summed E-state index contributed by atoms with van der Waals surface area (Å²) in [5.41, 5.74) is 1.28. The zero-order chi connectivity index (χ0) is 18.2. The number of piperidine rings is 1. The van der Waals surface area contributed by atoms with Crippen LogP contribution in [-0.4, -0.2) is 38.2 Å². The van der Waals surface area contributed by atoms with Crippen molar-refractivity contribution in [1.82, 2.24) is 10.2 Å². The van der Waals surface area contributed by atoms with Gasteiger partial charge in [0.15, 0.2) is 11.5 Å². The number of methoxy groups -OCH3 is 1. The van der Waals surface area contributed by atoms with Crippen LogP contribution in [0, 0.1) is 5.92 Å². The van der Waals surface area contributed by atoms with Crippen molar-refractivity contribution in [2.24, 2.45) is 5.92 Å². The molecule has 4 nitrogen and oxygen atoms in total. The van der Waals surface area contributed by atoms with Gasteiger partial charge >= 0.3 is 0 Å². The summed E-state index contributed by atoms with van der Waals surface area (Å²) in [7, 11) is 1.71. The average Bonchev–Trinajstić information content (AvgIpc) is 3.20. The molecule has 0 radical (unpaired) electrons. The molecule has 0 amide bonds. The fourth-order valence-corrected chi connectivity index (χ4v) is 4.08. The summed E-state index contributed by atoms with van der Waals surface area (Å²) < 4.78 is 11.5. The molecule has 2 aromatic rings. The molecule has 0 aliphatic carbocycles. The summed E-state index contributed by atoms with van der Waals surface area (Å²) in [6, 6.07) is 10.5. The molecule has 0 atom stereocenters. The smallest absolute Gasteiger partial charge is 0.161 e. The molecule has 1 aliphatic rings. The largest absolute Gasteiger partial charge is 0.493 e. The van der Waals surface area contributed by atoms with Crippen molar-refractivity contribution >= 4 is 11.3 Å². The number of hydrogen-bond donors (Lipinski definition) is 1. The first-order chi connectivity index (χ1) is 12.8. The van der Waals surface area contributed by atoms with Crippen molar-refractivity contribution in [1.29, 1.82) is 0 Å². The highest BCUT2D eigenvalue weighted by Gasteiger charge is 2.17. The van der Waals surface area contributed by atoms with Crippen LogP contribution >= 0.6 is 11.3 Å². The summed E-state index contributed by atoms with van der Waals surface area (Å²) in [6.07, 6.45) is 2.57. The Kier molecular flexibility index (Phi) is 7.35. The molecule has 0 bridgehead atoms. The molecule has 1 saturated heterocycles. The second-order valence-corrected chi connectivity index (χ2v) is 7.91. The SMILES string of the molecule is CCN(Cc1ccc(OCc2cccs2)c(OC)c1)CC1CCNCC1. The van der Waals surface area contributed by atoms with Crippen LogP contribution in [0.4, 0.5) is 0 Å². The van der Waals surface area contributed by atoms with Gasteiger partial charge in [0, 0.05) is 18.0 Å². The second-order valence-electron chi connectivity index (χ2n) is 6.87. The fourth-order valence-electron chi connectivity index (χ4n) is 3.47. The Bertz CT molecular complexity index is 654. The molecular formula is C21H30N2O2S. The maximum absolute atomic E-state index is 5.95. The first kappa shape index (κ1) is 19.2. The molecule has 1 N–H and O–H groups in total. The summed E-state index contributed by atoms with van der Waals surface area (Å²) in [5.74, 6) is 2.44. The van der Waals surface area contributed by atoms with Crippen LogP contribution in [0.25, 0.3) is 0 Å². The average molecular weight is 375 g/mol. The maximum atomic E-state index is 5.95. The van der Waals surface area contributed by atoms with E-state index in [1.807, 2.05) is 12.1 Å². The highest BCUT2D eigenvalue weighted by atomic mass is 32.1. The standard InChI is InChI=1S/C21H30N2O2S/c1-3-23(14-17-8-10-22-11-9-17)15-18-6-7-20(21(13-18)24-2)25-16-19-5-4-12-26-19/h4-7,12-13,17,22H,3,8-11,14-16H2,1-2H3. The van der Waals surface area contributed by atoms with E-state index in [2.05, 4.69) is 40.7 Å². The van der Waals surface area contributed by atoms with Gasteiger partial charge in [-0.25, -0.2) is 0 Å². The van der Waals surface area contributed by atoms with Crippen molar-refractivity contribution in [3.8, 4) is 11.5 Å². The number of ether oxygens (including phenoxy) is 2. The quantitative estimate of drug-likeness (QED) is 0.715. The van der Waals surface area contributed by atoms with Crippen molar-refractivity contribution in [3.63, 3.8) is 0 Å². The predicted molar refractivity (Wildman–Crippen MR) is 108 cm³/mol. The van der Waals surface area contributed by atoms with Gasteiger partial charge in [0.05, 0.1) is 7.11 Å². The highest BCUT2D eigenvalue weighted by molar-refractivity contribution is 7.09. The number of thiophene rings is 1. The zero-order valence-electron chi connectivity index (χ0n) is 15.9. The summed E-state index contributed by atoms with van der Waals surface area (Å²) in [6.45, 7) is 8.36. The molecule has 3 rings (SSSR count). The van der Waals surface area contributed by atoms with Gasteiger partial charge in [-0.3, -0.25) is 4.90 Å². The molecule has 142 valence electrons. The van der Waals surface area contributed by atoms with E-state index in [4.69, 9.17) is 9.47 Å². The molecule has 1 fully saturated rings. The lowest BCUT2D eigenvalue weighted by Crippen LogP contribution is -2.35. The minimum Gasteiger partial charge on any atom is -0.493 e. The van der Waals surface area contributed by atoms with Crippen molar-refractivity contribution < 1.29 is 9.47 Å². The van der Waals surface area contributed by atoms with E-state index in [1.54, 1.807) is 18.4 Å². The Morgan fingerprint density at radius 1 is 1.19 bits per heavy atom. The second kappa shape index (κ2) is 9.95. The minimum absolute atomic E-state index is 0.587. The van der Waals surface area contributed by atoms with Gasteiger partial charge in [0.2, 0.25) is 0 Å². The Morgan fingerprint density at radius 2 is 2.04 bits per heavy atom. The zero-order valence-corrected chi connectivity index (χ0v) is 16.7. The van der Waals surface area contributed by atoms with E-state index in [1.165, 1.54) is 29.8 Å². The Balaban J connectivity index is 1.59. The minimum atomic E-state index is 0.587. The summed E-state index contributed by atoms with van der Waals surface area (Å²) >= 11 is 1.71. The van der Waals surface area contributed by atoms with Crippen molar-refractivity contribution in [2.75, 3.05) is 33.3 Å². The molecule has 0 unspecified atom stereocenters. The first-order valence-electron chi connectivity index (χ1n) is 9.53. The van der Waals surface area contributed by atoms with Crippen LogP contribution in [0.1, 0.15) is 30.2 Å². The lowest BCUT2D eigenvalue weighted by atomic mass is 9.97. The van der Waals surface area contributed by atoms with Crippen LogP contribution in [-0.2, 0) is 13.2 Å². The van der Waals surface area contributed by atoms with Gasteiger partial charge in [0.1, 0.15) is 6.61 Å². The van der Waals surface area contributed by atoms with E-state index < -0.39 is 0 Å². The highest BCUT2D eigenvalue weighted by Crippen LogP contribution is 2.30. The molecule has 5 heteroatoms. The van der Waals surface area contributed by atoms with Gasteiger partial charge < -0.3 is 14.8 Å². The third kappa shape index (κ3) is 5.47. The van der Waals surface area contributed by atoms with Crippen LogP contribution in [0.5, 0.6) is 11.5 Å². The summed E-state index contributed by atoms with van der Waals surface area (Å²) in [4.78, 5) is 3.76. The van der Waals surface area contributed by atoms with Crippen molar-refractivity contribution in [3.05, 3.63) is 46.2 Å². The number of rotatable bonds is 9.